The Kier molecular flexibility index (Phi) is 3.83. The molecule has 1 N–H and O–H groups in total. The lowest BCUT2D eigenvalue weighted by atomic mass is 9.98. The van der Waals surface area contributed by atoms with Crippen molar-refractivity contribution in [2.45, 2.75) is 18.8 Å². The smallest absolute Gasteiger partial charge is 0.268 e. The highest BCUT2D eigenvalue weighted by Crippen LogP contribution is 2.38. The van der Waals surface area contributed by atoms with Crippen molar-refractivity contribution >= 4 is 43.2 Å². The molecule has 0 amide bonds. The molecule has 3 heterocycles. The molecule has 1 aliphatic rings. The van der Waals surface area contributed by atoms with Crippen molar-refractivity contribution in [1.82, 2.24) is 15.5 Å². The first-order valence-corrected chi connectivity index (χ1v) is 8.14. The van der Waals surface area contributed by atoms with Gasteiger partial charge in [-0.1, -0.05) is 5.16 Å². The third-order valence-corrected chi connectivity index (χ3v) is 6.25. The number of thiophene rings is 1. The van der Waals surface area contributed by atoms with E-state index >= 15 is 0 Å². The molecule has 18 heavy (non-hydrogen) atoms. The summed E-state index contributed by atoms with van der Waals surface area (Å²) in [5.74, 6) is 1.88. The molecular formula is C11H11Br2N3OS. The molecular weight excluding hydrogens is 382 g/mol. The van der Waals surface area contributed by atoms with E-state index in [0.29, 0.717) is 11.8 Å². The normalized spacial score (nSPS) is 17.2. The van der Waals surface area contributed by atoms with Gasteiger partial charge in [0.05, 0.1) is 8.66 Å². The molecule has 0 aromatic carbocycles. The standard InChI is InChI=1S/C11H11Br2N3OS/c12-7-5-8(18-9(7)13)11-15-10(16-17-11)6-1-3-14-4-2-6/h5-6,14H,1-4H2. The van der Waals surface area contributed by atoms with Crippen molar-refractivity contribution in [3.05, 3.63) is 20.1 Å². The third kappa shape index (κ3) is 2.54. The Labute approximate surface area is 125 Å². The molecule has 96 valence electrons. The Morgan fingerprint density at radius 3 is 2.78 bits per heavy atom. The highest BCUT2D eigenvalue weighted by atomic mass is 79.9. The molecule has 1 saturated heterocycles. The van der Waals surface area contributed by atoms with Crippen LogP contribution >= 0.6 is 43.2 Å². The Hall–Kier alpha value is -0.240. The van der Waals surface area contributed by atoms with E-state index in [9.17, 15) is 0 Å². The van der Waals surface area contributed by atoms with Crippen molar-refractivity contribution in [2.24, 2.45) is 0 Å². The van der Waals surface area contributed by atoms with Gasteiger partial charge in [0, 0.05) is 10.4 Å². The lowest BCUT2D eigenvalue weighted by Gasteiger charge is -2.18. The van der Waals surface area contributed by atoms with Gasteiger partial charge in [-0.15, -0.1) is 11.3 Å². The molecule has 1 aliphatic heterocycles. The predicted octanol–water partition coefficient (Wildman–Crippen LogP) is 3.79. The maximum atomic E-state index is 5.36. The summed E-state index contributed by atoms with van der Waals surface area (Å²) < 4.78 is 7.42. The second kappa shape index (κ2) is 5.40. The number of nitrogens with zero attached hydrogens (tertiary/aromatic N) is 2. The monoisotopic (exact) mass is 391 g/mol. The SMILES string of the molecule is Brc1cc(-c2nc(C3CCNCC3)no2)sc1Br. The Balaban J connectivity index is 1.84. The molecule has 0 unspecified atom stereocenters. The molecule has 0 radical (unpaired) electrons. The Bertz CT molecular complexity index is 529. The fourth-order valence-corrected chi connectivity index (χ4v) is 3.99. The first-order chi connectivity index (χ1) is 8.74. The first-order valence-electron chi connectivity index (χ1n) is 5.73. The van der Waals surface area contributed by atoms with Crippen LogP contribution < -0.4 is 5.32 Å². The van der Waals surface area contributed by atoms with Crippen LogP contribution in [0.5, 0.6) is 0 Å². The first kappa shape index (κ1) is 12.8. The zero-order valence-electron chi connectivity index (χ0n) is 9.45. The number of halogens is 2. The van der Waals surface area contributed by atoms with Gasteiger partial charge < -0.3 is 9.84 Å². The predicted molar refractivity (Wildman–Crippen MR) is 77.9 cm³/mol. The molecule has 3 rings (SSSR count). The van der Waals surface area contributed by atoms with Crippen LogP contribution in [0.3, 0.4) is 0 Å². The second-order valence-electron chi connectivity index (χ2n) is 4.21. The number of aromatic nitrogens is 2. The van der Waals surface area contributed by atoms with Gasteiger partial charge in [-0.25, -0.2) is 0 Å². The van der Waals surface area contributed by atoms with E-state index < -0.39 is 0 Å². The highest BCUT2D eigenvalue weighted by molar-refractivity contribution is 9.13. The van der Waals surface area contributed by atoms with Gasteiger partial charge in [-0.3, -0.25) is 0 Å². The van der Waals surface area contributed by atoms with Crippen LogP contribution in [0, 0.1) is 0 Å². The minimum absolute atomic E-state index is 0.426. The summed E-state index contributed by atoms with van der Waals surface area (Å²) >= 11 is 8.52. The Morgan fingerprint density at radius 2 is 2.11 bits per heavy atom. The molecule has 0 spiro atoms. The van der Waals surface area contributed by atoms with Crippen molar-refractivity contribution in [3.63, 3.8) is 0 Å². The number of nitrogens with one attached hydrogen (secondary N) is 1. The summed E-state index contributed by atoms with van der Waals surface area (Å²) in [5.41, 5.74) is 0. The van der Waals surface area contributed by atoms with E-state index in [1.54, 1.807) is 11.3 Å². The van der Waals surface area contributed by atoms with Gasteiger partial charge in [0.15, 0.2) is 5.82 Å². The average Bonchev–Trinajstić information content (AvgIpc) is 2.99. The Morgan fingerprint density at radius 1 is 1.33 bits per heavy atom. The van der Waals surface area contributed by atoms with Crippen LogP contribution in [0.15, 0.2) is 18.8 Å². The van der Waals surface area contributed by atoms with Crippen molar-refractivity contribution in [2.75, 3.05) is 13.1 Å². The molecule has 2 aromatic heterocycles. The number of hydrogen-bond acceptors (Lipinski definition) is 5. The molecule has 4 nitrogen and oxygen atoms in total. The van der Waals surface area contributed by atoms with Gasteiger partial charge in [0.25, 0.3) is 5.89 Å². The van der Waals surface area contributed by atoms with Crippen molar-refractivity contribution in [1.29, 1.82) is 0 Å². The molecule has 0 saturated carbocycles. The zero-order valence-corrected chi connectivity index (χ0v) is 13.4. The quantitative estimate of drug-likeness (QED) is 0.844. The van der Waals surface area contributed by atoms with Crippen molar-refractivity contribution < 1.29 is 4.52 Å². The van der Waals surface area contributed by atoms with Crippen molar-refractivity contribution in [3.8, 4) is 10.8 Å². The summed E-state index contributed by atoms with van der Waals surface area (Å²) in [6.45, 7) is 2.06. The zero-order chi connectivity index (χ0) is 12.5. The summed E-state index contributed by atoms with van der Waals surface area (Å²) in [7, 11) is 0. The second-order valence-corrected chi connectivity index (χ2v) is 7.44. The van der Waals surface area contributed by atoms with E-state index in [4.69, 9.17) is 4.52 Å². The van der Waals surface area contributed by atoms with Crippen LogP contribution in [0.1, 0.15) is 24.6 Å². The molecule has 0 aliphatic carbocycles. The van der Waals surface area contributed by atoms with Gasteiger partial charge in [-0.05, 0) is 63.9 Å². The molecule has 2 aromatic rings. The van der Waals surface area contributed by atoms with E-state index in [-0.39, 0.29) is 0 Å². The summed E-state index contributed by atoms with van der Waals surface area (Å²) in [5, 5.41) is 7.45. The molecule has 7 heteroatoms. The fraction of sp³-hybridized carbons (Fsp3) is 0.455. The molecule has 0 atom stereocenters. The van der Waals surface area contributed by atoms with Crippen LogP contribution in [0.4, 0.5) is 0 Å². The van der Waals surface area contributed by atoms with E-state index in [1.807, 2.05) is 6.07 Å². The number of piperidine rings is 1. The largest absolute Gasteiger partial charge is 0.333 e. The fourth-order valence-electron chi connectivity index (χ4n) is 2.03. The van der Waals surface area contributed by atoms with Gasteiger partial charge in [-0.2, -0.15) is 4.98 Å². The average molecular weight is 393 g/mol. The maximum absolute atomic E-state index is 5.36. The number of rotatable bonds is 2. The van der Waals surface area contributed by atoms with Gasteiger partial charge in [0.2, 0.25) is 0 Å². The van der Waals surface area contributed by atoms with Crippen LogP contribution in [0.25, 0.3) is 10.8 Å². The van der Waals surface area contributed by atoms with E-state index in [0.717, 1.165) is 44.9 Å². The summed E-state index contributed by atoms with van der Waals surface area (Å²) in [6, 6.07) is 1.99. The van der Waals surface area contributed by atoms with Gasteiger partial charge in [0.1, 0.15) is 0 Å². The van der Waals surface area contributed by atoms with Crippen LogP contribution in [0.2, 0.25) is 0 Å². The summed E-state index contributed by atoms with van der Waals surface area (Å²) in [4.78, 5) is 5.51. The summed E-state index contributed by atoms with van der Waals surface area (Å²) in [6.07, 6.45) is 2.16. The van der Waals surface area contributed by atoms with Crippen LogP contribution in [-0.4, -0.2) is 23.2 Å². The van der Waals surface area contributed by atoms with E-state index in [1.165, 1.54) is 0 Å². The lowest BCUT2D eigenvalue weighted by molar-refractivity contribution is 0.392. The van der Waals surface area contributed by atoms with Gasteiger partial charge >= 0.3 is 0 Å². The van der Waals surface area contributed by atoms with E-state index in [2.05, 4.69) is 47.3 Å². The highest BCUT2D eigenvalue weighted by Gasteiger charge is 2.22. The minimum atomic E-state index is 0.426. The minimum Gasteiger partial charge on any atom is -0.333 e. The lowest BCUT2D eigenvalue weighted by Crippen LogP contribution is -2.27. The maximum Gasteiger partial charge on any atom is 0.268 e. The third-order valence-electron chi connectivity index (χ3n) is 3.00. The molecule has 0 bridgehead atoms. The number of hydrogen-bond donors (Lipinski definition) is 1. The molecule has 1 fully saturated rings. The topological polar surface area (TPSA) is 51.0 Å². The van der Waals surface area contributed by atoms with Crippen LogP contribution in [-0.2, 0) is 0 Å².